The van der Waals surface area contributed by atoms with Crippen LogP contribution in [-0.4, -0.2) is 31.0 Å². The van der Waals surface area contributed by atoms with Crippen LogP contribution in [0.25, 0.3) is 0 Å². The van der Waals surface area contributed by atoms with Crippen LogP contribution in [-0.2, 0) is 9.53 Å². The summed E-state index contributed by atoms with van der Waals surface area (Å²) in [5.74, 6) is 1.06. The normalized spacial score (nSPS) is 9.56. The molecule has 0 radical (unpaired) electrons. The number of hydrogen-bond donors (Lipinski definition) is 0. The number of Topliss-reactive ketones (excluding diaryl/α,β-unsaturated/α-hetero) is 1. The summed E-state index contributed by atoms with van der Waals surface area (Å²) in [5.41, 5.74) is 0. The fraction of sp³-hybridized carbons (Fsp3) is 0.833. The minimum absolute atomic E-state index is 0.0936. The van der Waals surface area contributed by atoms with Gasteiger partial charge in [0.2, 0.25) is 0 Å². The van der Waals surface area contributed by atoms with E-state index in [0.717, 1.165) is 5.75 Å². The zero-order valence-corrected chi connectivity index (χ0v) is 6.66. The van der Waals surface area contributed by atoms with Crippen molar-refractivity contribution in [2.24, 2.45) is 0 Å². The zero-order valence-electron chi connectivity index (χ0n) is 5.85. The predicted octanol–water partition coefficient (Wildman–Crippen LogP) is 0.955. The number of ketones is 1. The molecule has 0 N–H and O–H groups in total. The first kappa shape index (κ1) is 8.98. The van der Waals surface area contributed by atoms with Crippen molar-refractivity contribution in [2.45, 2.75) is 6.92 Å². The Morgan fingerprint density at radius 3 is 2.78 bits per heavy atom. The molecule has 0 heterocycles. The topological polar surface area (TPSA) is 26.3 Å². The van der Waals surface area contributed by atoms with E-state index in [2.05, 4.69) is 0 Å². The predicted molar refractivity (Wildman–Crippen MR) is 39.9 cm³/mol. The van der Waals surface area contributed by atoms with Crippen molar-refractivity contribution in [1.82, 2.24) is 0 Å². The minimum Gasteiger partial charge on any atom is -0.373 e. The van der Waals surface area contributed by atoms with E-state index in [4.69, 9.17) is 4.74 Å². The Morgan fingerprint density at radius 1 is 1.67 bits per heavy atom. The maximum atomic E-state index is 10.3. The maximum Gasteiger partial charge on any atom is 0.155 e. The molecule has 0 rings (SSSR count). The van der Waals surface area contributed by atoms with Crippen molar-refractivity contribution < 1.29 is 9.53 Å². The van der Waals surface area contributed by atoms with Gasteiger partial charge in [0.1, 0.15) is 6.61 Å². The molecule has 0 unspecified atom stereocenters. The van der Waals surface area contributed by atoms with Crippen LogP contribution in [0, 0.1) is 0 Å². The largest absolute Gasteiger partial charge is 0.373 e. The second-order valence-electron chi connectivity index (χ2n) is 1.75. The molecule has 3 heteroatoms. The van der Waals surface area contributed by atoms with Gasteiger partial charge in [-0.3, -0.25) is 4.79 Å². The molecule has 0 aliphatic carbocycles. The van der Waals surface area contributed by atoms with Crippen LogP contribution >= 0.6 is 11.8 Å². The molecule has 0 aromatic heterocycles. The second-order valence-corrected chi connectivity index (χ2v) is 2.73. The summed E-state index contributed by atoms with van der Waals surface area (Å²) in [7, 11) is 0. The van der Waals surface area contributed by atoms with Gasteiger partial charge in [0.05, 0.1) is 6.61 Å². The molecule has 0 amide bonds. The molecule has 9 heavy (non-hydrogen) atoms. The van der Waals surface area contributed by atoms with E-state index in [1.54, 1.807) is 11.8 Å². The van der Waals surface area contributed by atoms with E-state index in [1.165, 1.54) is 6.92 Å². The molecule has 0 bridgehead atoms. The highest BCUT2D eigenvalue weighted by Gasteiger charge is 1.90. The number of carbonyl (C=O) groups is 1. The Hall–Kier alpha value is -0.0200. The van der Waals surface area contributed by atoms with Gasteiger partial charge in [0, 0.05) is 5.75 Å². The summed E-state index contributed by atoms with van der Waals surface area (Å²) < 4.78 is 4.97. The van der Waals surface area contributed by atoms with Crippen LogP contribution in [0.5, 0.6) is 0 Å². The Balaban J connectivity index is 2.83. The lowest BCUT2D eigenvalue weighted by molar-refractivity contribution is -0.121. The first-order valence-corrected chi connectivity index (χ1v) is 4.23. The lowest BCUT2D eigenvalue weighted by Gasteiger charge is -1.97. The highest BCUT2D eigenvalue weighted by molar-refractivity contribution is 7.98. The number of rotatable bonds is 5. The van der Waals surface area contributed by atoms with E-state index in [0.29, 0.717) is 6.61 Å². The summed E-state index contributed by atoms with van der Waals surface area (Å²) in [5, 5.41) is 0. The molecule has 0 atom stereocenters. The van der Waals surface area contributed by atoms with Crippen molar-refractivity contribution in [3.8, 4) is 0 Å². The van der Waals surface area contributed by atoms with Crippen LogP contribution in [0.2, 0.25) is 0 Å². The molecule has 0 aliphatic rings. The van der Waals surface area contributed by atoms with E-state index in [-0.39, 0.29) is 12.4 Å². The quantitative estimate of drug-likeness (QED) is 0.543. The maximum absolute atomic E-state index is 10.3. The number of carbonyl (C=O) groups excluding carboxylic acids is 1. The molecule has 0 aromatic rings. The van der Waals surface area contributed by atoms with E-state index in [9.17, 15) is 4.79 Å². The molecular formula is C6H12O2S. The van der Waals surface area contributed by atoms with Crippen molar-refractivity contribution in [1.29, 1.82) is 0 Å². The zero-order chi connectivity index (χ0) is 7.11. The molecule has 2 nitrogen and oxygen atoms in total. The van der Waals surface area contributed by atoms with Crippen molar-refractivity contribution in [3.05, 3.63) is 0 Å². The molecule has 0 fully saturated rings. The Labute approximate surface area is 60.0 Å². The molecule has 54 valence electrons. The van der Waals surface area contributed by atoms with Gasteiger partial charge in [0.15, 0.2) is 5.78 Å². The second kappa shape index (κ2) is 6.11. The van der Waals surface area contributed by atoms with Crippen molar-refractivity contribution >= 4 is 17.5 Å². The molecule has 0 aromatic carbocycles. The molecule has 0 saturated heterocycles. The summed E-state index contributed by atoms with van der Waals surface area (Å²) in [4.78, 5) is 10.3. The Bertz CT molecular complexity index is 83.1. The van der Waals surface area contributed by atoms with Gasteiger partial charge in [-0.2, -0.15) is 11.8 Å². The molecule has 0 spiro atoms. The van der Waals surface area contributed by atoms with Crippen molar-refractivity contribution in [2.75, 3.05) is 25.2 Å². The first-order valence-electron chi connectivity index (χ1n) is 2.83. The lowest BCUT2D eigenvalue weighted by Crippen LogP contribution is -2.05. The third-order valence-electron chi connectivity index (χ3n) is 0.737. The van der Waals surface area contributed by atoms with Gasteiger partial charge in [-0.15, -0.1) is 0 Å². The first-order chi connectivity index (χ1) is 4.27. The van der Waals surface area contributed by atoms with Gasteiger partial charge in [-0.25, -0.2) is 0 Å². The Morgan fingerprint density at radius 2 is 2.33 bits per heavy atom. The van der Waals surface area contributed by atoms with Crippen LogP contribution in [0.15, 0.2) is 0 Å². The Kier molecular flexibility index (Phi) is 6.09. The fourth-order valence-corrected chi connectivity index (χ4v) is 0.643. The monoisotopic (exact) mass is 148 g/mol. The smallest absolute Gasteiger partial charge is 0.155 e. The van der Waals surface area contributed by atoms with Crippen LogP contribution in [0.4, 0.5) is 0 Å². The van der Waals surface area contributed by atoms with E-state index >= 15 is 0 Å². The van der Waals surface area contributed by atoms with Gasteiger partial charge in [0.25, 0.3) is 0 Å². The SMILES string of the molecule is CSCCOCC(C)=O. The molecule has 0 aliphatic heterocycles. The van der Waals surface area contributed by atoms with Gasteiger partial charge in [-0.05, 0) is 13.2 Å². The number of ether oxygens (including phenoxy) is 1. The average Bonchev–Trinajstić information content (AvgIpc) is 1.80. The van der Waals surface area contributed by atoms with Gasteiger partial charge >= 0.3 is 0 Å². The number of hydrogen-bond acceptors (Lipinski definition) is 3. The van der Waals surface area contributed by atoms with Gasteiger partial charge < -0.3 is 4.74 Å². The minimum atomic E-state index is 0.0936. The third kappa shape index (κ3) is 7.98. The van der Waals surface area contributed by atoms with Crippen LogP contribution < -0.4 is 0 Å². The van der Waals surface area contributed by atoms with Gasteiger partial charge in [-0.1, -0.05) is 0 Å². The third-order valence-corrected chi connectivity index (χ3v) is 1.31. The summed E-state index contributed by atoms with van der Waals surface area (Å²) in [6, 6.07) is 0. The van der Waals surface area contributed by atoms with Crippen molar-refractivity contribution in [3.63, 3.8) is 0 Å². The summed E-state index contributed by atoms with van der Waals surface area (Å²) in [6.45, 7) is 2.47. The lowest BCUT2D eigenvalue weighted by atomic mass is 10.5. The standard InChI is InChI=1S/C6H12O2S/c1-6(7)5-8-3-4-9-2/h3-5H2,1-2H3. The van der Waals surface area contributed by atoms with Crippen LogP contribution in [0.1, 0.15) is 6.92 Å². The summed E-state index contributed by atoms with van der Waals surface area (Å²) >= 11 is 1.72. The number of thioether (sulfide) groups is 1. The fourth-order valence-electron chi connectivity index (χ4n) is 0.358. The van der Waals surface area contributed by atoms with Crippen LogP contribution in [0.3, 0.4) is 0 Å². The average molecular weight is 148 g/mol. The molecular weight excluding hydrogens is 136 g/mol. The molecule has 0 saturated carbocycles. The summed E-state index contributed by atoms with van der Waals surface area (Å²) in [6.07, 6.45) is 2.01. The highest BCUT2D eigenvalue weighted by atomic mass is 32.2. The highest BCUT2D eigenvalue weighted by Crippen LogP contribution is 1.89. The van der Waals surface area contributed by atoms with E-state index in [1.807, 2.05) is 6.26 Å². The van der Waals surface area contributed by atoms with E-state index < -0.39 is 0 Å².